The number of nitrogens with zero attached hydrogens (tertiary/aromatic N) is 1. The second-order valence-corrected chi connectivity index (χ2v) is 8.68. The van der Waals surface area contributed by atoms with E-state index in [9.17, 15) is 12.8 Å². The molecule has 0 fully saturated rings. The monoisotopic (exact) mass is 405 g/mol. The van der Waals surface area contributed by atoms with Crippen molar-refractivity contribution in [2.24, 2.45) is 4.99 Å². The zero-order valence-corrected chi connectivity index (χ0v) is 17.0. The third-order valence-corrected chi connectivity index (χ3v) is 5.76. The number of hydrogen-bond donors (Lipinski definition) is 2. The summed E-state index contributed by atoms with van der Waals surface area (Å²) in [6, 6.07) is 15.6. The van der Waals surface area contributed by atoms with E-state index in [1.165, 1.54) is 12.1 Å². The molecule has 2 aromatic carbocycles. The van der Waals surface area contributed by atoms with Gasteiger partial charge in [0.15, 0.2) is 15.8 Å². The Morgan fingerprint density at radius 3 is 2.39 bits per heavy atom. The van der Waals surface area contributed by atoms with E-state index in [0.717, 1.165) is 17.5 Å². The molecule has 0 saturated heterocycles. The third-order valence-electron chi connectivity index (χ3n) is 4.08. The van der Waals surface area contributed by atoms with Crippen LogP contribution in [0.4, 0.5) is 4.39 Å². The largest absolute Gasteiger partial charge is 0.357 e. The number of hydrogen-bond acceptors (Lipinski definition) is 3. The highest BCUT2D eigenvalue weighted by molar-refractivity contribution is 7.90. The molecule has 7 heteroatoms. The molecule has 0 heterocycles. The number of rotatable bonds is 10. The van der Waals surface area contributed by atoms with E-state index in [-0.39, 0.29) is 17.3 Å². The first-order chi connectivity index (χ1) is 13.5. The van der Waals surface area contributed by atoms with Gasteiger partial charge in [-0.1, -0.05) is 42.5 Å². The van der Waals surface area contributed by atoms with Crippen LogP contribution in [-0.2, 0) is 22.0 Å². The molecule has 2 rings (SSSR count). The average molecular weight is 406 g/mol. The molecule has 5 nitrogen and oxygen atoms in total. The normalized spacial score (nSPS) is 12.0. The van der Waals surface area contributed by atoms with E-state index >= 15 is 0 Å². The van der Waals surface area contributed by atoms with E-state index in [1.54, 1.807) is 12.1 Å². The summed E-state index contributed by atoms with van der Waals surface area (Å²) in [5.74, 6) is 0.590. The van der Waals surface area contributed by atoms with Gasteiger partial charge in [0.25, 0.3) is 0 Å². The molecule has 2 N–H and O–H groups in total. The number of benzene rings is 2. The lowest BCUT2D eigenvalue weighted by Gasteiger charge is -2.11. The predicted octanol–water partition coefficient (Wildman–Crippen LogP) is 2.93. The SMILES string of the molecule is CCNC(=NCCCS(=O)(=O)Cc1ccccc1)NCCc1ccc(F)cc1. The van der Waals surface area contributed by atoms with Crippen LogP contribution in [0.25, 0.3) is 0 Å². The Balaban J connectivity index is 1.75. The highest BCUT2D eigenvalue weighted by Crippen LogP contribution is 2.07. The summed E-state index contributed by atoms with van der Waals surface area (Å²) < 4.78 is 37.4. The second-order valence-electron chi connectivity index (χ2n) is 6.50. The van der Waals surface area contributed by atoms with E-state index in [2.05, 4.69) is 15.6 Å². The molecule has 0 aliphatic heterocycles. The summed E-state index contributed by atoms with van der Waals surface area (Å²) in [6.45, 7) is 3.78. The average Bonchev–Trinajstić information content (AvgIpc) is 2.67. The summed E-state index contributed by atoms with van der Waals surface area (Å²) in [5, 5.41) is 6.36. The van der Waals surface area contributed by atoms with E-state index < -0.39 is 9.84 Å². The Labute approximate surface area is 167 Å². The summed E-state index contributed by atoms with van der Waals surface area (Å²) in [7, 11) is -3.14. The van der Waals surface area contributed by atoms with Crippen LogP contribution in [0.1, 0.15) is 24.5 Å². The zero-order valence-electron chi connectivity index (χ0n) is 16.2. The number of aliphatic imine (C=N–C) groups is 1. The topological polar surface area (TPSA) is 70.6 Å². The van der Waals surface area contributed by atoms with Gasteiger partial charge in [0.1, 0.15) is 5.82 Å². The second kappa shape index (κ2) is 11.4. The Bertz CT molecular complexity index is 838. The van der Waals surface area contributed by atoms with Crippen molar-refractivity contribution >= 4 is 15.8 Å². The predicted molar refractivity (Wildman–Crippen MR) is 113 cm³/mol. The molecular weight excluding hydrogens is 377 g/mol. The van der Waals surface area contributed by atoms with E-state index in [0.29, 0.717) is 32.0 Å². The fraction of sp³-hybridized carbons (Fsp3) is 0.381. The van der Waals surface area contributed by atoms with Crippen LogP contribution < -0.4 is 10.6 Å². The van der Waals surface area contributed by atoms with Crippen LogP contribution in [0, 0.1) is 5.82 Å². The Kier molecular flexibility index (Phi) is 8.94. The lowest BCUT2D eigenvalue weighted by Crippen LogP contribution is -2.38. The summed E-state index contributed by atoms with van der Waals surface area (Å²) in [6.07, 6.45) is 1.22. The van der Waals surface area contributed by atoms with Gasteiger partial charge < -0.3 is 10.6 Å². The van der Waals surface area contributed by atoms with Crippen molar-refractivity contribution in [3.63, 3.8) is 0 Å². The summed E-state index contributed by atoms with van der Waals surface area (Å²) in [4.78, 5) is 4.44. The first-order valence-electron chi connectivity index (χ1n) is 9.49. The molecule has 152 valence electrons. The van der Waals surface area contributed by atoms with Crippen LogP contribution in [0.15, 0.2) is 59.6 Å². The van der Waals surface area contributed by atoms with E-state index in [1.807, 2.05) is 37.3 Å². The van der Waals surface area contributed by atoms with E-state index in [4.69, 9.17) is 0 Å². The third kappa shape index (κ3) is 8.52. The zero-order chi connectivity index (χ0) is 20.2. The van der Waals surface area contributed by atoms with Crippen molar-refractivity contribution in [3.05, 3.63) is 71.5 Å². The van der Waals surface area contributed by atoms with Crippen LogP contribution in [0.2, 0.25) is 0 Å². The van der Waals surface area contributed by atoms with Gasteiger partial charge in [-0.05, 0) is 43.0 Å². The minimum absolute atomic E-state index is 0.0630. The first kappa shape index (κ1) is 21.9. The molecule has 0 unspecified atom stereocenters. The smallest absolute Gasteiger partial charge is 0.191 e. The molecule has 0 saturated carbocycles. The van der Waals surface area contributed by atoms with Crippen molar-refractivity contribution in [2.75, 3.05) is 25.4 Å². The van der Waals surface area contributed by atoms with Gasteiger partial charge in [0.05, 0.1) is 11.5 Å². The maximum atomic E-state index is 12.9. The van der Waals surface area contributed by atoms with Crippen molar-refractivity contribution in [1.29, 1.82) is 0 Å². The molecule has 0 aliphatic carbocycles. The van der Waals surface area contributed by atoms with Crippen molar-refractivity contribution in [3.8, 4) is 0 Å². The van der Waals surface area contributed by atoms with Gasteiger partial charge in [-0.3, -0.25) is 4.99 Å². The number of sulfone groups is 1. The molecule has 0 radical (unpaired) electrons. The van der Waals surface area contributed by atoms with Gasteiger partial charge in [0.2, 0.25) is 0 Å². The van der Waals surface area contributed by atoms with Gasteiger partial charge in [0, 0.05) is 19.6 Å². The maximum absolute atomic E-state index is 12.9. The molecule has 0 aromatic heterocycles. The molecule has 0 aliphatic rings. The number of halogens is 1. The molecule has 0 amide bonds. The lowest BCUT2D eigenvalue weighted by atomic mass is 10.1. The van der Waals surface area contributed by atoms with Crippen LogP contribution in [-0.4, -0.2) is 39.8 Å². The molecule has 0 atom stereocenters. The van der Waals surface area contributed by atoms with Crippen molar-refractivity contribution < 1.29 is 12.8 Å². The highest BCUT2D eigenvalue weighted by atomic mass is 32.2. The first-order valence-corrected chi connectivity index (χ1v) is 11.3. The Morgan fingerprint density at radius 1 is 1.00 bits per heavy atom. The van der Waals surface area contributed by atoms with Gasteiger partial charge in [-0.25, -0.2) is 12.8 Å². The fourth-order valence-electron chi connectivity index (χ4n) is 2.69. The maximum Gasteiger partial charge on any atom is 0.191 e. The minimum Gasteiger partial charge on any atom is -0.357 e. The number of nitrogens with one attached hydrogen (secondary N) is 2. The molecule has 0 bridgehead atoms. The lowest BCUT2D eigenvalue weighted by molar-refractivity contribution is 0.592. The minimum atomic E-state index is -3.14. The molecule has 2 aromatic rings. The van der Waals surface area contributed by atoms with Crippen LogP contribution >= 0.6 is 0 Å². The summed E-state index contributed by atoms with van der Waals surface area (Å²) in [5.41, 5.74) is 1.85. The van der Waals surface area contributed by atoms with Crippen LogP contribution in [0.5, 0.6) is 0 Å². The number of guanidine groups is 1. The molecule has 28 heavy (non-hydrogen) atoms. The highest BCUT2D eigenvalue weighted by Gasteiger charge is 2.11. The van der Waals surface area contributed by atoms with Gasteiger partial charge >= 0.3 is 0 Å². The Morgan fingerprint density at radius 2 is 1.71 bits per heavy atom. The molecular formula is C21H28FN3O2S. The fourth-order valence-corrected chi connectivity index (χ4v) is 4.11. The van der Waals surface area contributed by atoms with Gasteiger partial charge in [-0.2, -0.15) is 0 Å². The van der Waals surface area contributed by atoms with Crippen molar-refractivity contribution in [2.45, 2.75) is 25.5 Å². The Hall–Kier alpha value is -2.41. The summed E-state index contributed by atoms with van der Waals surface area (Å²) >= 11 is 0. The standard InChI is InChI=1S/C21H28FN3O2S/c1-2-23-21(25-15-13-18-9-11-20(22)12-10-18)24-14-6-16-28(26,27)17-19-7-4-3-5-8-19/h3-5,7-12H,2,6,13-17H2,1H3,(H2,23,24,25). The van der Waals surface area contributed by atoms with Crippen molar-refractivity contribution in [1.82, 2.24) is 10.6 Å². The molecule has 0 spiro atoms. The van der Waals surface area contributed by atoms with Crippen LogP contribution in [0.3, 0.4) is 0 Å². The van der Waals surface area contributed by atoms with Gasteiger partial charge in [-0.15, -0.1) is 0 Å². The quantitative estimate of drug-likeness (QED) is 0.362.